The first kappa shape index (κ1) is 8.14. The van der Waals surface area contributed by atoms with E-state index in [0.717, 1.165) is 9.86 Å². The molecule has 1 nitrogen and oxygen atoms in total. The molecule has 0 aliphatic heterocycles. The maximum absolute atomic E-state index is 4.47. The highest BCUT2D eigenvalue weighted by molar-refractivity contribution is 8.00. The summed E-state index contributed by atoms with van der Waals surface area (Å²) in [5, 5.41) is 0. The van der Waals surface area contributed by atoms with Gasteiger partial charge in [-0.25, -0.2) is 4.98 Å². The van der Waals surface area contributed by atoms with Crippen LogP contribution in [0.1, 0.15) is 0 Å². The lowest BCUT2D eigenvalue weighted by molar-refractivity contribution is 1.31. The summed E-state index contributed by atoms with van der Waals surface area (Å²) < 4.78 is 2.43. The topological polar surface area (TPSA) is 12.9 Å². The second-order valence-electron chi connectivity index (χ2n) is 2.66. The van der Waals surface area contributed by atoms with Gasteiger partial charge >= 0.3 is 0 Å². The van der Waals surface area contributed by atoms with Crippen molar-refractivity contribution < 1.29 is 0 Å². The number of fused-ring (bicyclic) bond motifs is 1. The Bertz CT molecular complexity index is 410. The summed E-state index contributed by atoms with van der Waals surface area (Å²) in [5.74, 6) is 0. The van der Waals surface area contributed by atoms with Crippen LogP contribution in [0.5, 0.6) is 0 Å². The van der Waals surface area contributed by atoms with Crippen molar-refractivity contribution in [3.63, 3.8) is 0 Å². The van der Waals surface area contributed by atoms with Crippen LogP contribution in [0.3, 0.4) is 0 Å². The Balaban J connectivity index is 2.67. The monoisotopic (exact) mass is 193 g/mol. The van der Waals surface area contributed by atoms with E-state index in [4.69, 9.17) is 0 Å². The highest BCUT2D eigenvalue weighted by Crippen LogP contribution is 2.26. The van der Waals surface area contributed by atoms with E-state index in [1.54, 1.807) is 23.1 Å². The summed E-state index contributed by atoms with van der Waals surface area (Å²) in [7, 11) is 2.09. The van der Waals surface area contributed by atoms with Crippen molar-refractivity contribution in [2.24, 2.45) is 0 Å². The normalized spacial score (nSPS) is 10.8. The van der Waals surface area contributed by atoms with E-state index >= 15 is 0 Å². The highest BCUT2D eigenvalue weighted by atomic mass is 32.2. The minimum absolute atomic E-state index is 1.13. The summed E-state index contributed by atoms with van der Waals surface area (Å²) in [5.41, 5.74) is 2.41. The van der Waals surface area contributed by atoms with Gasteiger partial charge in [0.2, 0.25) is 0 Å². The molecule has 0 N–H and O–H groups in total. The van der Waals surface area contributed by atoms with E-state index in [1.165, 1.54) is 10.2 Å². The van der Waals surface area contributed by atoms with Crippen LogP contribution in [0.4, 0.5) is 0 Å². The lowest BCUT2D eigenvalue weighted by atomic mass is 9.96. The van der Waals surface area contributed by atoms with Crippen molar-refractivity contribution in [1.82, 2.24) is 4.98 Å². The molecule has 0 aliphatic carbocycles. The van der Waals surface area contributed by atoms with Gasteiger partial charge in [0.05, 0.1) is 10.2 Å². The Morgan fingerprint density at radius 3 is 3.08 bits per heavy atom. The summed E-state index contributed by atoms with van der Waals surface area (Å²) >= 11 is 3.47. The van der Waals surface area contributed by atoms with Gasteiger partial charge in [-0.15, -0.1) is 11.3 Å². The average molecular weight is 193 g/mol. The molecule has 1 aromatic heterocycles. The van der Waals surface area contributed by atoms with Crippen molar-refractivity contribution in [1.29, 1.82) is 0 Å². The molecule has 12 heavy (non-hydrogen) atoms. The van der Waals surface area contributed by atoms with Gasteiger partial charge in [-0.1, -0.05) is 23.3 Å². The molecule has 2 aromatic rings. The lowest BCUT2D eigenvalue weighted by Gasteiger charge is -1.88. The maximum Gasteiger partial charge on any atom is 0.150 e. The van der Waals surface area contributed by atoms with Gasteiger partial charge in [0, 0.05) is 0 Å². The van der Waals surface area contributed by atoms with E-state index in [9.17, 15) is 0 Å². The summed E-state index contributed by atoms with van der Waals surface area (Å²) in [6, 6.07) is 6.40. The van der Waals surface area contributed by atoms with Gasteiger partial charge in [-0.2, -0.15) is 0 Å². The lowest BCUT2D eigenvalue weighted by Crippen LogP contribution is -1.98. The zero-order chi connectivity index (χ0) is 8.55. The van der Waals surface area contributed by atoms with Crippen LogP contribution in [0.2, 0.25) is 0 Å². The van der Waals surface area contributed by atoms with Crippen LogP contribution in [0.15, 0.2) is 22.5 Å². The molecule has 0 amide bonds. The fourth-order valence-electron chi connectivity index (χ4n) is 1.10. The number of thiazole rings is 1. The van der Waals surface area contributed by atoms with Crippen molar-refractivity contribution >= 4 is 46.6 Å². The summed E-state index contributed by atoms with van der Waals surface area (Å²) in [4.78, 5) is 4.47. The van der Waals surface area contributed by atoms with Crippen LogP contribution in [-0.4, -0.2) is 19.1 Å². The van der Waals surface area contributed by atoms with Crippen molar-refractivity contribution in [2.45, 2.75) is 4.34 Å². The molecule has 0 radical (unpaired) electrons. The van der Waals surface area contributed by atoms with Gasteiger partial charge in [-0.3, -0.25) is 0 Å². The molecule has 2 rings (SSSR count). The first-order valence-electron chi connectivity index (χ1n) is 3.71. The molecule has 1 heterocycles. The minimum atomic E-state index is 1.13. The van der Waals surface area contributed by atoms with E-state index in [-0.39, 0.29) is 0 Å². The standard InChI is InChI=1S/C8H8BNS2/c1-11-8-10-6-4-5(9)2-3-7(6)12-8/h2-4H,9H2,1H3. The largest absolute Gasteiger partial charge is 0.230 e. The third-order valence-corrected chi connectivity index (χ3v) is 3.72. The number of hydrogen-bond acceptors (Lipinski definition) is 3. The van der Waals surface area contributed by atoms with Gasteiger partial charge in [0.1, 0.15) is 7.85 Å². The van der Waals surface area contributed by atoms with Crippen molar-refractivity contribution in [3.8, 4) is 0 Å². The maximum atomic E-state index is 4.47. The number of benzene rings is 1. The van der Waals surface area contributed by atoms with Crippen LogP contribution >= 0.6 is 23.1 Å². The second-order valence-corrected chi connectivity index (χ2v) is 4.74. The minimum Gasteiger partial charge on any atom is -0.230 e. The number of nitrogens with zero attached hydrogens (tertiary/aromatic N) is 1. The highest BCUT2D eigenvalue weighted by Gasteiger charge is 2.01. The molecule has 0 saturated carbocycles. The van der Waals surface area contributed by atoms with E-state index in [1.807, 2.05) is 0 Å². The zero-order valence-corrected chi connectivity index (χ0v) is 8.63. The van der Waals surface area contributed by atoms with Crippen LogP contribution in [0, 0.1) is 0 Å². The average Bonchev–Trinajstić information content (AvgIpc) is 2.46. The Kier molecular flexibility index (Phi) is 2.11. The SMILES string of the molecule is Bc1ccc2sc(SC)nc2c1. The molecule has 0 fully saturated rings. The number of aromatic nitrogens is 1. The molecule has 0 atom stereocenters. The van der Waals surface area contributed by atoms with Crippen LogP contribution in [0.25, 0.3) is 10.2 Å². The molecular formula is C8H8BNS2. The number of rotatable bonds is 1. The van der Waals surface area contributed by atoms with E-state index in [0.29, 0.717) is 0 Å². The van der Waals surface area contributed by atoms with Gasteiger partial charge in [0.15, 0.2) is 4.34 Å². The number of thioether (sulfide) groups is 1. The molecule has 0 bridgehead atoms. The molecule has 1 aromatic carbocycles. The zero-order valence-electron chi connectivity index (χ0n) is 7.00. The fourth-order valence-corrected chi connectivity index (χ4v) is 2.57. The van der Waals surface area contributed by atoms with Crippen molar-refractivity contribution in [2.75, 3.05) is 6.26 Å². The Labute approximate surface area is 80.6 Å². The van der Waals surface area contributed by atoms with Gasteiger partial charge in [-0.05, 0) is 18.4 Å². The third kappa shape index (κ3) is 1.36. The fraction of sp³-hybridized carbons (Fsp3) is 0.125. The first-order chi connectivity index (χ1) is 5.79. The van der Waals surface area contributed by atoms with Gasteiger partial charge in [0.25, 0.3) is 0 Å². The smallest absolute Gasteiger partial charge is 0.150 e. The molecule has 4 heteroatoms. The Morgan fingerprint density at radius 2 is 2.33 bits per heavy atom. The Morgan fingerprint density at radius 1 is 1.50 bits per heavy atom. The molecule has 60 valence electrons. The molecule has 0 spiro atoms. The summed E-state index contributed by atoms with van der Waals surface area (Å²) in [6.45, 7) is 0. The Hall–Kier alpha value is -0.475. The molecular weight excluding hydrogens is 185 g/mol. The van der Waals surface area contributed by atoms with Gasteiger partial charge < -0.3 is 0 Å². The summed E-state index contributed by atoms with van der Waals surface area (Å²) in [6.07, 6.45) is 2.06. The van der Waals surface area contributed by atoms with Crippen LogP contribution in [-0.2, 0) is 0 Å². The number of hydrogen-bond donors (Lipinski definition) is 0. The predicted octanol–water partition coefficient (Wildman–Crippen LogP) is 1.28. The second kappa shape index (κ2) is 3.11. The molecule has 0 aliphatic rings. The van der Waals surface area contributed by atoms with Crippen molar-refractivity contribution in [3.05, 3.63) is 18.2 Å². The van der Waals surface area contributed by atoms with Crippen LogP contribution < -0.4 is 5.46 Å². The molecule has 0 saturated heterocycles. The van der Waals surface area contributed by atoms with E-state index in [2.05, 4.69) is 37.3 Å². The first-order valence-corrected chi connectivity index (χ1v) is 5.75. The predicted molar refractivity (Wildman–Crippen MR) is 59.6 cm³/mol. The third-order valence-electron chi connectivity index (χ3n) is 1.70. The quantitative estimate of drug-likeness (QED) is 0.499. The molecule has 0 unspecified atom stereocenters. The van der Waals surface area contributed by atoms with E-state index < -0.39 is 0 Å².